The fourth-order valence-electron chi connectivity index (χ4n) is 2.26. The van der Waals surface area contributed by atoms with E-state index in [9.17, 15) is 0 Å². The van der Waals surface area contributed by atoms with Crippen molar-refractivity contribution < 1.29 is 4.43 Å². The van der Waals surface area contributed by atoms with Crippen LogP contribution < -0.4 is 9.74 Å². The van der Waals surface area contributed by atoms with Crippen LogP contribution in [0, 0.1) is 12.3 Å². The molecule has 1 aromatic heterocycles. The van der Waals surface area contributed by atoms with Gasteiger partial charge in [-0.1, -0.05) is 26.7 Å². The van der Waals surface area contributed by atoms with Crippen LogP contribution in [-0.4, -0.2) is 26.4 Å². The van der Waals surface area contributed by atoms with E-state index in [0.29, 0.717) is 6.54 Å². The third kappa shape index (κ3) is 4.18. The van der Waals surface area contributed by atoms with Crippen molar-refractivity contribution in [2.45, 2.75) is 45.3 Å². The van der Waals surface area contributed by atoms with Crippen LogP contribution in [0.25, 0.3) is 10.9 Å². The van der Waals surface area contributed by atoms with Gasteiger partial charge in [0, 0.05) is 23.6 Å². The first kappa shape index (κ1) is 17.6. The number of rotatable bonds is 6. The summed E-state index contributed by atoms with van der Waals surface area (Å²) in [6.45, 7) is 12.8. The number of aromatic amines is 1. The van der Waals surface area contributed by atoms with Crippen molar-refractivity contribution in [2.24, 2.45) is 0 Å². The summed E-state index contributed by atoms with van der Waals surface area (Å²) in [5.41, 5.74) is 2.45. The summed E-state index contributed by atoms with van der Waals surface area (Å²) in [6.07, 6.45) is 8.29. The van der Waals surface area contributed by atoms with Gasteiger partial charge in [-0.2, -0.15) is 0 Å². The maximum Gasteiger partial charge on any atom is 0.250 e. The Morgan fingerprint density at radius 2 is 2.04 bits per heavy atom. The second-order valence-electron chi connectivity index (χ2n) is 7.51. The lowest BCUT2D eigenvalue weighted by molar-refractivity contribution is 0.493. The zero-order valence-corrected chi connectivity index (χ0v) is 15.9. The van der Waals surface area contributed by atoms with Crippen LogP contribution in [0.5, 0.6) is 5.75 Å². The highest BCUT2D eigenvalue weighted by atomic mass is 28.4. The molecule has 0 fully saturated rings. The molecule has 4 heteroatoms. The topological polar surface area (TPSA) is 37.0 Å². The van der Waals surface area contributed by atoms with Gasteiger partial charge in [-0.15, -0.1) is 6.42 Å². The quantitative estimate of drug-likeness (QED) is 0.471. The minimum atomic E-state index is -1.81. The van der Waals surface area contributed by atoms with E-state index < -0.39 is 8.32 Å². The summed E-state index contributed by atoms with van der Waals surface area (Å²) < 4.78 is 6.42. The van der Waals surface area contributed by atoms with Crippen molar-refractivity contribution in [3.63, 3.8) is 0 Å². The predicted molar refractivity (Wildman–Crippen MR) is 102 cm³/mol. The fraction of sp³-hybridized carbons (Fsp3) is 0.474. The molecule has 0 saturated carbocycles. The molecule has 0 bridgehead atoms. The van der Waals surface area contributed by atoms with Crippen molar-refractivity contribution in [3.05, 3.63) is 30.0 Å². The van der Waals surface area contributed by atoms with E-state index in [4.69, 9.17) is 10.8 Å². The van der Waals surface area contributed by atoms with Crippen molar-refractivity contribution >= 4 is 19.2 Å². The summed E-state index contributed by atoms with van der Waals surface area (Å²) in [7, 11) is -1.81. The molecule has 0 saturated heterocycles. The number of benzene rings is 1. The van der Waals surface area contributed by atoms with Crippen LogP contribution >= 0.6 is 0 Å². The molecule has 0 atom stereocenters. The first-order valence-electron chi connectivity index (χ1n) is 8.18. The molecule has 124 valence electrons. The molecule has 3 nitrogen and oxygen atoms in total. The smallest absolute Gasteiger partial charge is 0.250 e. The Morgan fingerprint density at radius 3 is 2.70 bits per heavy atom. The molecule has 2 N–H and O–H groups in total. The first-order chi connectivity index (χ1) is 10.7. The first-order valence-corrected chi connectivity index (χ1v) is 11.1. The number of hydrogen-bond donors (Lipinski definition) is 2. The van der Waals surface area contributed by atoms with Gasteiger partial charge in [-0.3, -0.25) is 0 Å². The lowest BCUT2D eigenvalue weighted by Crippen LogP contribution is -2.43. The molecule has 0 amide bonds. The number of fused-ring (bicyclic) bond motifs is 1. The molecular weight excluding hydrogens is 300 g/mol. The third-order valence-corrected chi connectivity index (χ3v) is 9.07. The third-order valence-electron chi connectivity index (χ3n) is 4.72. The molecule has 0 spiro atoms. The molecule has 2 aromatic rings. The molecule has 1 heterocycles. The second kappa shape index (κ2) is 6.82. The van der Waals surface area contributed by atoms with Crippen LogP contribution in [0.1, 0.15) is 26.3 Å². The van der Waals surface area contributed by atoms with Gasteiger partial charge in [0.25, 0.3) is 0 Å². The Bertz CT molecular complexity index is 704. The molecule has 2 rings (SSSR count). The minimum absolute atomic E-state index is 0.197. The highest BCUT2D eigenvalue weighted by Crippen LogP contribution is 2.38. The van der Waals surface area contributed by atoms with Gasteiger partial charge in [0.15, 0.2) is 0 Å². The van der Waals surface area contributed by atoms with Gasteiger partial charge < -0.3 is 14.7 Å². The monoisotopic (exact) mass is 328 g/mol. The van der Waals surface area contributed by atoms with E-state index in [1.165, 1.54) is 10.9 Å². The molecule has 0 radical (unpaired) electrons. The molecule has 23 heavy (non-hydrogen) atoms. The number of hydrogen-bond acceptors (Lipinski definition) is 2. The van der Waals surface area contributed by atoms with Crippen LogP contribution in [-0.2, 0) is 6.42 Å². The Labute approximate surface area is 141 Å². The normalized spacial score (nSPS) is 12.3. The van der Waals surface area contributed by atoms with Crippen LogP contribution in [0.2, 0.25) is 18.1 Å². The number of aromatic nitrogens is 1. The van der Waals surface area contributed by atoms with Gasteiger partial charge in [0.1, 0.15) is 5.75 Å². The summed E-state index contributed by atoms with van der Waals surface area (Å²) in [5, 5.41) is 4.67. The van der Waals surface area contributed by atoms with Gasteiger partial charge in [0.05, 0.1) is 6.54 Å². The average Bonchev–Trinajstić information content (AvgIpc) is 2.84. The molecule has 0 aliphatic carbocycles. The lowest BCUT2D eigenvalue weighted by atomic mass is 10.1. The minimum Gasteiger partial charge on any atom is -0.543 e. The van der Waals surface area contributed by atoms with Crippen LogP contribution in [0.15, 0.2) is 24.4 Å². The number of H-pyrrole nitrogens is 1. The van der Waals surface area contributed by atoms with Gasteiger partial charge in [-0.05, 0) is 48.3 Å². The molecular formula is C19H28N2OSi. The summed E-state index contributed by atoms with van der Waals surface area (Å²) in [6, 6.07) is 6.35. The van der Waals surface area contributed by atoms with E-state index in [2.05, 4.69) is 74.5 Å². The SMILES string of the molecule is C#CCNCCc1c[nH]c2ccc(O[Si](C)(C)C(C)(C)C)cc12. The second-order valence-corrected chi connectivity index (χ2v) is 12.2. The van der Waals surface area contributed by atoms with Crippen molar-refractivity contribution in [2.75, 3.05) is 13.1 Å². The summed E-state index contributed by atoms with van der Waals surface area (Å²) >= 11 is 0. The number of nitrogens with one attached hydrogen (secondary N) is 2. The zero-order chi connectivity index (χ0) is 17.1. The Balaban J connectivity index is 2.19. The Morgan fingerprint density at radius 1 is 1.30 bits per heavy atom. The molecule has 0 aliphatic heterocycles. The highest BCUT2D eigenvalue weighted by Gasteiger charge is 2.38. The van der Waals surface area contributed by atoms with Gasteiger partial charge >= 0.3 is 0 Å². The summed E-state index contributed by atoms with van der Waals surface area (Å²) in [5.74, 6) is 3.57. The van der Waals surface area contributed by atoms with Crippen molar-refractivity contribution in [3.8, 4) is 18.1 Å². The molecule has 1 aromatic carbocycles. The fourth-order valence-corrected chi connectivity index (χ4v) is 3.28. The van der Waals surface area contributed by atoms with Gasteiger partial charge in [0.2, 0.25) is 8.32 Å². The zero-order valence-electron chi connectivity index (χ0n) is 14.9. The Kier molecular flexibility index (Phi) is 5.23. The van der Waals surface area contributed by atoms with E-state index in [1.54, 1.807) is 0 Å². The summed E-state index contributed by atoms with van der Waals surface area (Å²) in [4.78, 5) is 3.34. The molecule has 0 aliphatic rings. The predicted octanol–water partition coefficient (Wildman–Crippen LogP) is 4.32. The Hall–Kier alpha value is -1.70. The lowest BCUT2D eigenvalue weighted by Gasteiger charge is -2.36. The van der Waals surface area contributed by atoms with Crippen molar-refractivity contribution in [1.82, 2.24) is 10.3 Å². The van der Waals surface area contributed by atoms with Crippen molar-refractivity contribution in [1.29, 1.82) is 0 Å². The average molecular weight is 329 g/mol. The van der Waals surface area contributed by atoms with Crippen LogP contribution in [0.3, 0.4) is 0 Å². The molecule has 0 unspecified atom stereocenters. The highest BCUT2D eigenvalue weighted by molar-refractivity contribution is 6.74. The van der Waals surface area contributed by atoms with E-state index in [1.807, 2.05) is 0 Å². The van der Waals surface area contributed by atoms with E-state index >= 15 is 0 Å². The van der Waals surface area contributed by atoms with Crippen LogP contribution in [0.4, 0.5) is 0 Å². The number of terminal acetylenes is 1. The van der Waals surface area contributed by atoms with E-state index in [-0.39, 0.29) is 5.04 Å². The maximum absolute atomic E-state index is 6.42. The van der Waals surface area contributed by atoms with E-state index in [0.717, 1.165) is 24.2 Å². The van der Waals surface area contributed by atoms with Gasteiger partial charge in [-0.25, -0.2) is 0 Å². The standard InChI is InChI=1S/C19H28N2OSi/c1-7-11-20-12-10-15-14-21-18-9-8-16(13-17(15)18)22-23(5,6)19(2,3)4/h1,8-9,13-14,20-21H,10-12H2,2-6H3. The maximum atomic E-state index is 6.42. The largest absolute Gasteiger partial charge is 0.543 e.